The number of aromatic nitrogens is 2. The van der Waals surface area contributed by atoms with Crippen molar-refractivity contribution in [3.8, 4) is 0 Å². The molecular formula is C18H22FN3O. The second-order valence-electron chi connectivity index (χ2n) is 6.19. The molecule has 1 amide bonds. The lowest BCUT2D eigenvalue weighted by atomic mass is 9.96. The molecule has 1 aliphatic heterocycles. The van der Waals surface area contributed by atoms with Gasteiger partial charge in [0.1, 0.15) is 5.82 Å². The highest BCUT2D eigenvalue weighted by Gasteiger charge is 2.29. The molecule has 1 aromatic heterocycles. The quantitative estimate of drug-likeness (QED) is 0.938. The molecule has 122 valence electrons. The van der Waals surface area contributed by atoms with Crippen LogP contribution in [0.5, 0.6) is 0 Å². The first-order valence-corrected chi connectivity index (χ1v) is 8.19. The summed E-state index contributed by atoms with van der Waals surface area (Å²) < 4.78 is 12.9. The summed E-state index contributed by atoms with van der Waals surface area (Å²) in [6.45, 7) is 2.82. The van der Waals surface area contributed by atoms with Crippen LogP contribution in [0.2, 0.25) is 0 Å². The average molecular weight is 315 g/mol. The molecule has 23 heavy (non-hydrogen) atoms. The number of carbonyl (C=O) groups is 1. The van der Waals surface area contributed by atoms with E-state index in [-0.39, 0.29) is 17.8 Å². The molecule has 4 nitrogen and oxygen atoms in total. The van der Waals surface area contributed by atoms with Gasteiger partial charge in [-0.1, -0.05) is 12.1 Å². The number of benzene rings is 1. The maximum absolute atomic E-state index is 12.9. The molecule has 5 heteroatoms. The Bertz CT molecular complexity index is 665. The van der Waals surface area contributed by atoms with Crippen molar-refractivity contribution >= 4 is 5.91 Å². The number of aryl methyl sites for hydroxylation is 2. The average Bonchev–Trinajstić information content (AvgIpc) is 3.00. The van der Waals surface area contributed by atoms with Crippen molar-refractivity contribution in [2.75, 3.05) is 6.54 Å². The van der Waals surface area contributed by atoms with Crippen LogP contribution >= 0.6 is 0 Å². The number of H-pyrrole nitrogens is 1. The third-order valence-electron chi connectivity index (χ3n) is 4.57. The second-order valence-corrected chi connectivity index (χ2v) is 6.19. The first kappa shape index (κ1) is 15.7. The second kappa shape index (κ2) is 6.94. The van der Waals surface area contributed by atoms with Gasteiger partial charge in [0.25, 0.3) is 0 Å². The third-order valence-corrected chi connectivity index (χ3v) is 4.57. The van der Waals surface area contributed by atoms with Crippen molar-refractivity contribution < 1.29 is 9.18 Å². The van der Waals surface area contributed by atoms with Gasteiger partial charge in [0.05, 0.1) is 17.9 Å². The molecule has 2 heterocycles. The van der Waals surface area contributed by atoms with Crippen molar-refractivity contribution in [2.45, 2.75) is 45.1 Å². The normalized spacial score (nSPS) is 18.2. The summed E-state index contributed by atoms with van der Waals surface area (Å²) in [6, 6.07) is 6.48. The molecule has 1 N–H and O–H groups in total. The van der Waals surface area contributed by atoms with Crippen molar-refractivity contribution in [3.05, 3.63) is 53.1 Å². The monoisotopic (exact) mass is 315 g/mol. The Balaban J connectivity index is 1.66. The van der Waals surface area contributed by atoms with Crippen LogP contribution in [0.25, 0.3) is 0 Å². The number of amides is 1. The predicted octanol–water partition coefficient (Wildman–Crippen LogP) is 3.54. The van der Waals surface area contributed by atoms with Crippen molar-refractivity contribution in [2.24, 2.45) is 0 Å². The van der Waals surface area contributed by atoms with Gasteiger partial charge in [-0.2, -0.15) is 5.10 Å². The summed E-state index contributed by atoms with van der Waals surface area (Å²) in [6.07, 6.45) is 6.06. The molecule has 1 atom stereocenters. The molecule has 1 fully saturated rings. The largest absolute Gasteiger partial charge is 0.334 e. The lowest BCUT2D eigenvalue weighted by Gasteiger charge is -2.35. The third kappa shape index (κ3) is 3.60. The molecule has 0 spiro atoms. The van der Waals surface area contributed by atoms with Crippen molar-refractivity contribution in [3.63, 3.8) is 0 Å². The zero-order chi connectivity index (χ0) is 16.2. The highest BCUT2D eigenvalue weighted by molar-refractivity contribution is 5.77. The molecule has 0 saturated carbocycles. The Morgan fingerprint density at radius 3 is 2.83 bits per heavy atom. The Morgan fingerprint density at radius 2 is 2.13 bits per heavy atom. The number of hydrogen-bond donors (Lipinski definition) is 1. The van der Waals surface area contributed by atoms with Gasteiger partial charge in [-0.3, -0.25) is 9.89 Å². The standard InChI is InChI=1S/C18H22FN3O/c1-13-12-20-21-18(13)16-4-2-3-11-22(16)17(23)10-7-14-5-8-15(19)9-6-14/h5-6,8-9,12,16H,2-4,7,10-11H2,1H3,(H,20,21)/t16-/m0/s1. The van der Waals surface area contributed by atoms with Gasteiger partial charge in [0.2, 0.25) is 5.91 Å². The predicted molar refractivity (Wildman–Crippen MR) is 86.4 cm³/mol. The van der Waals surface area contributed by atoms with Crippen LogP contribution < -0.4 is 0 Å². The summed E-state index contributed by atoms with van der Waals surface area (Å²) in [5, 5.41) is 7.15. The van der Waals surface area contributed by atoms with E-state index in [1.807, 2.05) is 18.0 Å². The topological polar surface area (TPSA) is 49.0 Å². The molecular weight excluding hydrogens is 293 g/mol. The van der Waals surface area contributed by atoms with E-state index < -0.39 is 0 Å². The molecule has 3 rings (SSSR count). The van der Waals surface area contributed by atoms with Crippen LogP contribution in [-0.4, -0.2) is 27.5 Å². The van der Waals surface area contributed by atoms with E-state index in [9.17, 15) is 9.18 Å². The van der Waals surface area contributed by atoms with E-state index >= 15 is 0 Å². The van der Waals surface area contributed by atoms with Crippen LogP contribution in [0.15, 0.2) is 30.5 Å². The number of aromatic amines is 1. The van der Waals surface area contributed by atoms with Gasteiger partial charge < -0.3 is 4.90 Å². The molecule has 0 aliphatic carbocycles. The van der Waals surface area contributed by atoms with Crippen molar-refractivity contribution in [1.82, 2.24) is 15.1 Å². The van der Waals surface area contributed by atoms with E-state index in [1.165, 1.54) is 12.1 Å². The fourth-order valence-corrected chi connectivity index (χ4v) is 3.27. The van der Waals surface area contributed by atoms with Crippen LogP contribution in [0, 0.1) is 12.7 Å². The minimum Gasteiger partial charge on any atom is -0.334 e. The van der Waals surface area contributed by atoms with Gasteiger partial charge in [-0.15, -0.1) is 0 Å². The van der Waals surface area contributed by atoms with Gasteiger partial charge >= 0.3 is 0 Å². The number of piperidine rings is 1. The number of halogens is 1. The molecule has 0 bridgehead atoms. The number of hydrogen-bond acceptors (Lipinski definition) is 2. The van der Waals surface area contributed by atoms with E-state index in [4.69, 9.17) is 0 Å². The highest BCUT2D eigenvalue weighted by Crippen LogP contribution is 2.31. The van der Waals surface area contributed by atoms with Gasteiger partial charge in [-0.25, -0.2) is 4.39 Å². The van der Waals surface area contributed by atoms with Crippen LogP contribution in [0.4, 0.5) is 4.39 Å². The van der Waals surface area contributed by atoms with E-state index in [0.29, 0.717) is 12.8 Å². The molecule has 0 radical (unpaired) electrons. The summed E-state index contributed by atoms with van der Waals surface area (Å²) in [5.41, 5.74) is 3.15. The Labute approximate surface area is 135 Å². The molecule has 0 unspecified atom stereocenters. The Morgan fingerprint density at radius 1 is 1.35 bits per heavy atom. The van der Waals surface area contributed by atoms with Crippen LogP contribution in [-0.2, 0) is 11.2 Å². The number of carbonyl (C=O) groups excluding carboxylic acids is 1. The molecule has 2 aromatic rings. The number of nitrogens with zero attached hydrogens (tertiary/aromatic N) is 2. The van der Waals surface area contributed by atoms with Gasteiger partial charge in [-0.05, 0) is 55.9 Å². The summed E-state index contributed by atoms with van der Waals surface area (Å²) in [5.74, 6) is -0.0843. The minimum atomic E-state index is -0.245. The number of rotatable bonds is 4. The van der Waals surface area contributed by atoms with E-state index in [0.717, 1.165) is 42.6 Å². The highest BCUT2D eigenvalue weighted by atomic mass is 19.1. The zero-order valence-electron chi connectivity index (χ0n) is 13.4. The van der Waals surface area contributed by atoms with E-state index in [2.05, 4.69) is 10.2 Å². The SMILES string of the molecule is Cc1cn[nH]c1[C@@H]1CCCCN1C(=O)CCc1ccc(F)cc1. The Hall–Kier alpha value is -2.17. The van der Waals surface area contributed by atoms with Gasteiger partial charge in [0.15, 0.2) is 0 Å². The van der Waals surface area contributed by atoms with Crippen LogP contribution in [0.1, 0.15) is 48.5 Å². The Kier molecular flexibility index (Phi) is 4.74. The van der Waals surface area contributed by atoms with Crippen molar-refractivity contribution in [1.29, 1.82) is 0 Å². The first-order valence-electron chi connectivity index (χ1n) is 8.19. The van der Waals surface area contributed by atoms with Crippen LogP contribution in [0.3, 0.4) is 0 Å². The fourth-order valence-electron chi connectivity index (χ4n) is 3.27. The maximum atomic E-state index is 12.9. The smallest absolute Gasteiger partial charge is 0.223 e. The minimum absolute atomic E-state index is 0.104. The lowest BCUT2D eigenvalue weighted by molar-refractivity contribution is -0.135. The zero-order valence-corrected chi connectivity index (χ0v) is 13.4. The fraction of sp³-hybridized carbons (Fsp3) is 0.444. The van der Waals surface area contributed by atoms with E-state index in [1.54, 1.807) is 12.1 Å². The molecule has 1 aliphatic rings. The summed E-state index contributed by atoms with van der Waals surface area (Å²) in [7, 11) is 0. The molecule has 1 saturated heterocycles. The number of nitrogens with one attached hydrogen (secondary N) is 1. The summed E-state index contributed by atoms with van der Waals surface area (Å²) in [4.78, 5) is 14.7. The lowest BCUT2D eigenvalue weighted by Crippen LogP contribution is -2.39. The molecule has 1 aromatic carbocycles. The number of likely N-dealkylation sites (tertiary alicyclic amines) is 1. The first-order chi connectivity index (χ1) is 11.1. The van der Waals surface area contributed by atoms with Gasteiger partial charge in [0, 0.05) is 13.0 Å². The maximum Gasteiger partial charge on any atom is 0.223 e. The summed E-state index contributed by atoms with van der Waals surface area (Å²) >= 11 is 0.